The fourth-order valence-electron chi connectivity index (χ4n) is 1.91. The molecule has 0 bridgehead atoms. The number of pyridine rings is 1. The normalized spacial score (nSPS) is 14.1. The first-order valence-electron chi connectivity index (χ1n) is 5.67. The fourth-order valence-corrected chi connectivity index (χ4v) is 1.91. The molecule has 0 fully saturated rings. The van der Waals surface area contributed by atoms with Crippen LogP contribution in [0.25, 0.3) is 10.9 Å². The van der Waals surface area contributed by atoms with Gasteiger partial charge in [0.25, 0.3) is 0 Å². The van der Waals surface area contributed by atoms with Gasteiger partial charge in [-0.05, 0) is 17.7 Å². The third-order valence-electron chi connectivity index (χ3n) is 2.83. The number of para-hydroxylation sites is 1. The first-order valence-corrected chi connectivity index (χ1v) is 5.67. The molecule has 2 unspecified atom stereocenters. The highest BCUT2D eigenvalue weighted by Crippen LogP contribution is 2.22. The van der Waals surface area contributed by atoms with Gasteiger partial charge in [-0.15, -0.1) is 0 Å². The van der Waals surface area contributed by atoms with Crippen LogP contribution in [0.3, 0.4) is 0 Å². The van der Waals surface area contributed by atoms with Crippen LogP contribution >= 0.6 is 0 Å². The second kappa shape index (κ2) is 5.58. The third-order valence-corrected chi connectivity index (χ3v) is 2.83. The molecule has 0 radical (unpaired) electrons. The van der Waals surface area contributed by atoms with Gasteiger partial charge in [-0.1, -0.05) is 18.2 Å². The highest BCUT2D eigenvalue weighted by molar-refractivity contribution is 5.78. The molecule has 1 aromatic carbocycles. The molecule has 92 valence electrons. The van der Waals surface area contributed by atoms with Crippen LogP contribution in [0, 0.1) is 11.3 Å². The van der Waals surface area contributed by atoms with E-state index in [1.54, 1.807) is 6.20 Å². The van der Waals surface area contributed by atoms with Crippen LogP contribution in [0.4, 0.5) is 0 Å². The topological polar surface area (TPSA) is 66.1 Å². The summed E-state index contributed by atoms with van der Waals surface area (Å²) < 4.78 is 4.87. The zero-order valence-electron chi connectivity index (χ0n) is 10.1. The van der Waals surface area contributed by atoms with Crippen LogP contribution in [0.2, 0.25) is 0 Å². The average Bonchev–Trinajstić information content (AvgIpc) is 2.40. The van der Waals surface area contributed by atoms with E-state index in [2.05, 4.69) is 11.1 Å². The molecule has 0 aliphatic carbocycles. The number of rotatable bonds is 4. The Kier molecular flexibility index (Phi) is 3.88. The van der Waals surface area contributed by atoms with Gasteiger partial charge in [0.15, 0.2) is 0 Å². The molecule has 0 aliphatic heterocycles. The van der Waals surface area contributed by atoms with Gasteiger partial charge in [0.05, 0.1) is 24.3 Å². The lowest BCUT2D eigenvalue weighted by Crippen LogP contribution is -2.22. The summed E-state index contributed by atoms with van der Waals surface area (Å²) >= 11 is 0. The molecule has 0 saturated carbocycles. The second-order valence-electron chi connectivity index (χ2n) is 4.09. The molecule has 2 rings (SSSR count). The largest absolute Gasteiger partial charge is 0.389 e. The maximum atomic E-state index is 9.86. The van der Waals surface area contributed by atoms with Crippen molar-refractivity contribution in [1.29, 1.82) is 5.26 Å². The lowest BCUT2D eigenvalue weighted by atomic mass is 9.95. The summed E-state index contributed by atoms with van der Waals surface area (Å²) in [6, 6.07) is 11.7. The van der Waals surface area contributed by atoms with Crippen molar-refractivity contribution in [3.05, 3.63) is 42.1 Å². The Morgan fingerprint density at radius 3 is 2.94 bits per heavy atom. The quantitative estimate of drug-likeness (QED) is 0.888. The Hall–Kier alpha value is -1.96. The molecule has 2 atom stereocenters. The van der Waals surface area contributed by atoms with Crippen molar-refractivity contribution in [3.8, 4) is 6.07 Å². The molecule has 0 amide bonds. The van der Waals surface area contributed by atoms with Crippen LogP contribution in [-0.4, -0.2) is 29.9 Å². The molecular formula is C14H14N2O2. The van der Waals surface area contributed by atoms with E-state index in [1.165, 1.54) is 7.11 Å². The molecule has 0 aliphatic rings. The van der Waals surface area contributed by atoms with E-state index in [-0.39, 0.29) is 6.61 Å². The van der Waals surface area contributed by atoms with Gasteiger partial charge in [0.1, 0.15) is 5.92 Å². The van der Waals surface area contributed by atoms with Gasteiger partial charge in [0.2, 0.25) is 0 Å². The zero-order chi connectivity index (χ0) is 13.0. The Balaban J connectivity index is 2.37. The van der Waals surface area contributed by atoms with Crippen molar-refractivity contribution in [3.63, 3.8) is 0 Å². The predicted octanol–water partition coefficient (Wildman–Crippen LogP) is 1.85. The smallest absolute Gasteiger partial charge is 0.101 e. The van der Waals surface area contributed by atoms with Crippen molar-refractivity contribution < 1.29 is 9.84 Å². The second-order valence-corrected chi connectivity index (χ2v) is 4.09. The summed E-state index contributed by atoms with van der Waals surface area (Å²) in [6.07, 6.45) is 0.790. The van der Waals surface area contributed by atoms with Gasteiger partial charge in [0, 0.05) is 18.7 Å². The lowest BCUT2D eigenvalue weighted by molar-refractivity contribution is 0.0571. The molecule has 0 saturated heterocycles. The van der Waals surface area contributed by atoms with Crippen LogP contribution in [-0.2, 0) is 4.74 Å². The van der Waals surface area contributed by atoms with Crippen molar-refractivity contribution in [1.82, 2.24) is 4.98 Å². The number of hydrogen-bond donors (Lipinski definition) is 1. The molecule has 2 aromatic rings. The number of nitriles is 1. The molecule has 1 N–H and O–H groups in total. The lowest BCUT2D eigenvalue weighted by Gasteiger charge is -2.16. The van der Waals surface area contributed by atoms with Crippen molar-refractivity contribution in [2.24, 2.45) is 0 Å². The van der Waals surface area contributed by atoms with Gasteiger partial charge in [-0.3, -0.25) is 4.98 Å². The van der Waals surface area contributed by atoms with Crippen molar-refractivity contribution in [2.75, 3.05) is 13.7 Å². The zero-order valence-corrected chi connectivity index (χ0v) is 10.1. The number of aromatic nitrogens is 1. The van der Waals surface area contributed by atoms with Gasteiger partial charge in [-0.2, -0.15) is 5.26 Å². The molecule has 4 heteroatoms. The minimum absolute atomic E-state index is 0.130. The van der Waals surface area contributed by atoms with Crippen molar-refractivity contribution >= 4 is 10.9 Å². The van der Waals surface area contributed by atoms with Crippen molar-refractivity contribution in [2.45, 2.75) is 12.0 Å². The Morgan fingerprint density at radius 2 is 2.22 bits per heavy atom. The van der Waals surface area contributed by atoms with Crippen LogP contribution in [0.15, 0.2) is 36.5 Å². The summed E-state index contributed by atoms with van der Waals surface area (Å²) in [7, 11) is 1.50. The van der Waals surface area contributed by atoms with Crippen LogP contribution in [0.1, 0.15) is 11.5 Å². The molecule has 4 nitrogen and oxygen atoms in total. The Morgan fingerprint density at radius 1 is 1.44 bits per heavy atom. The standard InChI is InChI=1S/C14H14N2O2/c1-18-9-14(17)12(7-15)11-6-10-4-2-3-5-13(10)16-8-11/h2-6,8,12,14,17H,9H2,1H3. The maximum absolute atomic E-state index is 9.86. The summed E-state index contributed by atoms with van der Waals surface area (Å²) in [5.74, 6) is -0.623. The number of aliphatic hydroxyl groups excluding tert-OH is 1. The maximum Gasteiger partial charge on any atom is 0.101 e. The van der Waals surface area contributed by atoms with E-state index < -0.39 is 12.0 Å². The number of fused-ring (bicyclic) bond motifs is 1. The van der Waals surface area contributed by atoms with Crippen LogP contribution in [0.5, 0.6) is 0 Å². The molecule has 18 heavy (non-hydrogen) atoms. The van der Waals surface area contributed by atoms with E-state index in [1.807, 2.05) is 30.3 Å². The van der Waals surface area contributed by atoms with Crippen LogP contribution < -0.4 is 0 Å². The van der Waals surface area contributed by atoms with Gasteiger partial charge < -0.3 is 9.84 Å². The highest BCUT2D eigenvalue weighted by Gasteiger charge is 2.21. The molecule has 0 spiro atoms. The third kappa shape index (κ3) is 2.48. The number of ether oxygens (including phenoxy) is 1. The van der Waals surface area contributed by atoms with E-state index in [9.17, 15) is 5.11 Å². The number of aliphatic hydroxyl groups is 1. The summed E-state index contributed by atoms with van der Waals surface area (Å²) in [5.41, 5.74) is 1.58. The Bertz CT molecular complexity index is 577. The first kappa shape index (κ1) is 12.5. The van der Waals surface area contributed by atoms with E-state index in [0.29, 0.717) is 5.56 Å². The summed E-state index contributed by atoms with van der Waals surface area (Å²) in [4.78, 5) is 4.29. The van der Waals surface area contributed by atoms with E-state index >= 15 is 0 Å². The highest BCUT2D eigenvalue weighted by atomic mass is 16.5. The van der Waals surface area contributed by atoms with Gasteiger partial charge >= 0.3 is 0 Å². The fraction of sp³-hybridized carbons (Fsp3) is 0.286. The SMILES string of the molecule is COCC(O)C(C#N)c1cnc2ccccc2c1. The summed E-state index contributed by atoms with van der Waals surface area (Å²) in [6.45, 7) is 0.130. The summed E-state index contributed by atoms with van der Waals surface area (Å²) in [5, 5.41) is 20.0. The van der Waals surface area contributed by atoms with E-state index in [4.69, 9.17) is 10.00 Å². The first-order chi connectivity index (χ1) is 8.76. The van der Waals surface area contributed by atoms with Gasteiger partial charge in [-0.25, -0.2) is 0 Å². The average molecular weight is 242 g/mol. The number of nitrogens with zero attached hydrogens (tertiary/aromatic N) is 2. The molecule has 1 heterocycles. The molecule has 1 aromatic heterocycles. The number of methoxy groups -OCH3 is 1. The number of hydrogen-bond acceptors (Lipinski definition) is 4. The Labute approximate surface area is 105 Å². The minimum atomic E-state index is -0.844. The number of benzene rings is 1. The van der Waals surface area contributed by atoms with E-state index in [0.717, 1.165) is 10.9 Å². The molecular weight excluding hydrogens is 228 g/mol. The predicted molar refractivity (Wildman–Crippen MR) is 68.0 cm³/mol. The monoisotopic (exact) mass is 242 g/mol. The minimum Gasteiger partial charge on any atom is -0.389 e.